The molecule has 0 radical (unpaired) electrons. The van der Waals surface area contributed by atoms with Crippen LogP contribution in [0.4, 0.5) is 4.39 Å². The van der Waals surface area contributed by atoms with Crippen LogP contribution in [0, 0.1) is 5.82 Å². The van der Waals surface area contributed by atoms with Crippen molar-refractivity contribution >= 4 is 11.8 Å². The Morgan fingerprint density at radius 2 is 1.80 bits per heavy atom. The highest BCUT2D eigenvalue weighted by molar-refractivity contribution is 6.07. The first kappa shape index (κ1) is 16.7. The summed E-state index contributed by atoms with van der Waals surface area (Å²) in [4.78, 5) is 26.0. The normalized spacial score (nSPS) is 17.1. The lowest BCUT2D eigenvalue weighted by atomic mass is 9.99. The van der Waals surface area contributed by atoms with Crippen molar-refractivity contribution < 1.29 is 19.1 Å². The molecule has 1 aliphatic rings. The molecule has 1 atom stereocenters. The molecule has 5 nitrogen and oxygen atoms in total. The number of rotatable bonds is 4. The summed E-state index contributed by atoms with van der Waals surface area (Å²) in [7, 11) is 1.54. The second-order valence-corrected chi connectivity index (χ2v) is 5.80. The Bertz CT molecular complexity index is 832. The van der Waals surface area contributed by atoms with E-state index in [0.29, 0.717) is 5.56 Å². The molecule has 0 spiro atoms. The van der Waals surface area contributed by atoms with Gasteiger partial charge in [-0.3, -0.25) is 9.59 Å². The second-order valence-electron chi connectivity index (χ2n) is 5.80. The number of nitrogens with zero attached hydrogens (tertiary/aromatic N) is 1. The van der Waals surface area contributed by atoms with E-state index in [1.807, 2.05) is 6.07 Å². The third-order valence-electron chi connectivity index (χ3n) is 4.17. The van der Waals surface area contributed by atoms with E-state index in [2.05, 4.69) is 5.32 Å². The summed E-state index contributed by atoms with van der Waals surface area (Å²) in [5, 5.41) is 12.8. The molecule has 0 aromatic heterocycles. The van der Waals surface area contributed by atoms with Crippen molar-refractivity contribution in [3.05, 3.63) is 82.9 Å². The summed E-state index contributed by atoms with van der Waals surface area (Å²) in [6.45, 7) is 0.162. The first-order chi connectivity index (χ1) is 12.0. The molecule has 0 bridgehead atoms. The Morgan fingerprint density at radius 3 is 2.44 bits per heavy atom. The van der Waals surface area contributed by atoms with Crippen molar-refractivity contribution in [1.29, 1.82) is 0 Å². The van der Waals surface area contributed by atoms with Crippen molar-refractivity contribution in [2.24, 2.45) is 0 Å². The lowest BCUT2D eigenvalue weighted by molar-refractivity contribution is -0.128. The van der Waals surface area contributed by atoms with Crippen LogP contribution < -0.4 is 5.32 Å². The van der Waals surface area contributed by atoms with Crippen LogP contribution in [0.1, 0.15) is 17.2 Å². The number of nitrogens with one attached hydrogen (secondary N) is 1. The molecule has 2 N–H and O–H groups in total. The minimum atomic E-state index is -0.651. The van der Waals surface area contributed by atoms with Gasteiger partial charge in [-0.15, -0.1) is 0 Å². The fourth-order valence-corrected chi connectivity index (χ4v) is 2.86. The summed E-state index contributed by atoms with van der Waals surface area (Å²) in [5.74, 6) is -2.04. The second kappa shape index (κ2) is 6.76. The topological polar surface area (TPSA) is 69.6 Å². The first-order valence-electron chi connectivity index (χ1n) is 7.77. The molecule has 0 fully saturated rings. The van der Waals surface area contributed by atoms with Crippen LogP contribution in [-0.2, 0) is 16.1 Å². The first-order valence-corrected chi connectivity index (χ1v) is 7.77. The minimum Gasteiger partial charge on any atom is -0.503 e. The molecule has 25 heavy (non-hydrogen) atoms. The van der Waals surface area contributed by atoms with Gasteiger partial charge >= 0.3 is 0 Å². The van der Waals surface area contributed by atoms with Crippen LogP contribution in [0.25, 0.3) is 0 Å². The summed E-state index contributed by atoms with van der Waals surface area (Å²) in [6, 6.07) is 14.1. The van der Waals surface area contributed by atoms with E-state index < -0.39 is 23.6 Å². The summed E-state index contributed by atoms with van der Waals surface area (Å²) >= 11 is 0. The number of likely N-dealkylation sites (N-methyl/N-ethyl adjacent to an activating group) is 1. The average Bonchev–Trinajstić information content (AvgIpc) is 2.86. The van der Waals surface area contributed by atoms with Crippen molar-refractivity contribution in [2.75, 3.05) is 7.05 Å². The lowest BCUT2D eigenvalue weighted by Crippen LogP contribution is -2.30. The molecule has 0 saturated heterocycles. The molecule has 2 aromatic carbocycles. The zero-order valence-electron chi connectivity index (χ0n) is 13.6. The molecule has 2 amide bonds. The van der Waals surface area contributed by atoms with Gasteiger partial charge in [0.05, 0.1) is 11.6 Å². The number of carbonyl (C=O) groups is 2. The SMILES string of the molecule is CN1C(=O)C(O)=C(C(=O)NCc2ccc(F)cc2)C1c1ccccc1. The van der Waals surface area contributed by atoms with E-state index in [1.54, 1.807) is 36.4 Å². The molecule has 0 aliphatic carbocycles. The maximum absolute atomic E-state index is 12.9. The average molecular weight is 340 g/mol. The Kier molecular flexibility index (Phi) is 4.52. The number of halogens is 1. The predicted octanol–water partition coefficient (Wildman–Crippen LogP) is 2.47. The molecule has 1 heterocycles. The number of amides is 2. The van der Waals surface area contributed by atoms with Gasteiger partial charge in [0.2, 0.25) is 0 Å². The van der Waals surface area contributed by atoms with E-state index in [0.717, 1.165) is 5.56 Å². The van der Waals surface area contributed by atoms with Crippen molar-refractivity contribution in [1.82, 2.24) is 10.2 Å². The highest BCUT2D eigenvalue weighted by atomic mass is 19.1. The standard InChI is InChI=1S/C19H17FN2O3/c1-22-16(13-5-3-2-4-6-13)15(17(23)19(22)25)18(24)21-11-12-7-9-14(20)10-8-12/h2-10,16,23H,11H2,1H3,(H,21,24). The van der Waals surface area contributed by atoms with Gasteiger partial charge in [0.1, 0.15) is 5.82 Å². The highest BCUT2D eigenvalue weighted by Crippen LogP contribution is 2.35. The monoisotopic (exact) mass is 340 g/mol. The van der Waals surface area contributed by atoms with Gasteiger partial charge in [0.15, 0.2) is 5.76 Å². The zero-order chi connectivity index (χ0) is 18.0. The quantitative estimate of drug-likeness (QED) is 0.898. The Balaban J connectivity index is 1.83. The predicted molar refractivity (Wildman–Crippen MR) is 89.9 cm³/mol. The molecule has 6 heteroatoms. The third kappa shape index (κ3) is 3.24. The van der Waals surface area contributed by atoms with E-state index in [1.165, 1.54) is 24.1 Å². The molecule has 2 aromatic rings. The molecule has 1 aliphatic heterocycles. The van der Waals surface area contributed by atoms with Crippen LogP contribution in [0.15, 0.2) is 65.9 Å². The van der Waals surface area contributed by atoms with Crippen molar-refractivity contribution in [3.8, 4) is 0 Å². The Labute approximate surface area is 144 Å². The maximum atomic E-state index is 12.9. The van der Waals surface area contributed by atoms with Gasteiger partial charge in [-0.25, -0.2) is 4.39 Å². The van der Waals surface area contributed by atoms with E-state index >= 15 is 0 Å². The summed E-state index contributed by atoms with van der Waals surface area (Å²) in [6.07, 6.45) is 0. The zero-order valence-corrected chi connectivity index (χ0v) is 13.6. The molecule has 3 rings (SSSR count). The number of aliphatic hydroxyl groups excluding tert-OH is 1. The number of hydrogen-bond donors (Lipinski definition) is 2. The van der Waals surface area contributed by atoms with Crippen molar-refractivity contribution in [3.63, 3.8) is 0 Å². The number of aliphatic hydroxyl groups is 1. The molecular weight excluding hydrogens is 323 g/mol. The minimum absolute atomic E-state index is 0.0146. The van der Waals surface area contributed by atoms with Crippen molar-refractivity contribution in [2.45, 2.75) is 12.6 Å². The number of hydrogen-bond acceptors (Lipinski definition) is 3. The van der Waals surface area contributed by atoms with Gasteiger partial charge in [-0.2, -0.15) is 0 Å². The lowest BCUT2D eigenvalue weighted by Gasteiger charge is -2.22. The van der Waals surface area contributed by atoms with Gasteiger partial charge in [-0.05, 0) is 23.3 Å². The summed E-state index contributed by atoms with van der Waals surface area (Å²) < 4.78 is 12.9. The number of benzene rings is 2. The third-order valence-corrected chi connectivity index (χ3v) is 4.17. The molecule has 0 saturated carbocycles. The van der Waals surface area contributed by atoms with E-state index in [9.17, 15) is 19.1 Å². The number of carbonyl (C=O) groups excluding carboxylic acids is 2. The molecule has 1 unspecified atom stereocenters. The Hall–Kier alpha value is -3.15. The smallest absolute Gasteiger partial charge is 0.289 e. The van der Waals surface area contributed by atoms with E-state index in [-0.39, 0.29) is 17.9 Å². The van der Waals surface area contributed by atoms with Gasteiger partial charge < -0.3 is 15.3 Å². The van der Waals surface area contributed by atoms with Crippen LogP contribution in [-0.4, -0.2) is 28.9 Å². The van der Waals surface area contributed by atoms with Crippen LogP contribution >= 0.6 is 0 Å². The van der Waals surface area contributed by atoms with Crippen LogP contribution in [0.2, 0.25) is 0 Å². The largest absolute Gasteiger partial charge is 0.503 e. The Morgan fingerprint density at radius 1 is 1.16 bits per heavy atom. The fraction of sp³-hybridized carbons (Fsp3) is 0.158. The summed E-state index contributed by atoms with van der Waals surface area (Å²) in [5.41, 5.74) is 1.46. The van der Waals surface area contributed by atoms with Gasteiger partial charge in [0.25, 0.3) is 11.8 Å². The molecular formula is C19H17FN2O3. The van der Waals surface area contributed by atoms with Gasteiger partial charge in [0, 0.05) is 13.6 Å². The van der Waals surface area contributed by atoms with Crippen LogP contribution in [0.5, 0.6) is 0 Å². The van der Waals surface area contributed by atoms with E-state index in [4.69, 9.17) is 0 Å². The highest BCUT2D eigenvalue weighted by Gasteiger charge is 2.41. The molecule has 128 valence electrons. The van der Waals surface area contributed by atoms with Crippen LogP contribution in [0.3, 0.4) is 0 Å². The maximum Gasteiger partial charge on any atom is 0.289 e. The van der Waals surface area contributed by atoms with Gasteiger partial charge in [-0.1, -0.05) is 42.5 Å². The fourth-order valence-electron chi connectivity index (χ4n) is 2.86.